The molecule has 0 amide bonds. The number of hydrogen-bond acceptors (Lipinski definition) is 10. The van der Waals surface area contributed by atoms with E-state index in [1.165, 1.54) is 0 Å². The number of aliphatic carboxylic acids is 2. The third-order valence-corrected chi connectivity index (χ3v) is 5.29. The Balaban J connectivity index is 3.02. The summed E-state index contributed by atoms with van der Waals surface area (Å²) in [5, 5.41) is 28.0. The number of nitrogens with one attached hydrogen (secondary N) is 3. The zero-order valence-electron chi connectivity index (χ0n) is 21.9. The summed E-state index contributed by atoms with van der Waals surface area (Å²) in [6, 6.07) is -2.06. The molecule has 0 aliphatic rings. The van der Waals surface area contributed by atoms with Crippen molar-refractivity contribution in [2.75, 3.05) is 35.6 Å². The molecule has 13 N–H and O–H groups in total. The molecule has 38 heavy (non-hydrogen) atoms. The van der Waals surface area contributed by atoms with Crippen LogP contribution in [0.15, 0.2) is 9.98 Å². The molecule has 2 atom stereocenters. The number of rotatable bonds is 21. The summed E-state index contributed by atoms with van der Waals surface area (Å²) in [4.78, 5) is 44.1. The Morgan fingerprint density at radius 3 is 1.61 bits per heavy atom. The molecule has 16 nitrogen and oxygen atoms in total. The molecule has 1 heterocycles. The topological polar surface area (TPSA) is 278 Å². The maximum Gasteiger partial charge on any atom is 0.326 e. The van der Waals surface area contributed by atoms with Gasteiger partial charge in [0.1, 0.15) is 12.1 Å². The van der Waals surface area contributed by atoms with Gasteiger partial charge >= 0.3 is 11.9 Å². The van der Waals surface area contributed by atoms with Crippen molar-refractivity contribution >= 4 is 41.7 Å². The standard InChI is InChI=1S/C22H42N12O4/c1-2-3-4-5-6-11-29-20-32-21(30-14(16(35)36)9-7-12-27-18(23)24)34-22(33-20)31-15(17(37)38)10-8-13-28-19(25)26/h14-15H,2-13H2,1H3,(H,35,36)(H,37,38)(H4,23,24,27)(H4,25,26,28)(H3,29,30,31,32,33,34). The molecule has 0 spiro atoms. The van der Waals surface area contributed by atoms with Crippen LogP contribution in [0.1, 0.15) is 64.7 Å². The molecule has 0 saturated heterocycles. The van der Waals surface area contributed by atoms with Crippen LogP contribution in [0.25, 0.3) is 0 Å². The Hall–Kier alpha value is -4.11. The fourth-order valence-corrected chi connectivity index (χ4v) is 3.35. The van der Waals surface area contributed by atoms with E-state index in [2.05, 4.69) is 47.8 Å². The SMILES string of the molecule is CCCCCCCNc1nc(NC(CCCN=C(N)N)C(=O)O)nc(NC(CCCN=C(N)N)C(=O)O)n1. The normalized spacial score (nSPS) is 12.1. The summed E-state index contributed by atoms with van der Waals surface area (Å²) in [6.45, 7) is 3.27. The van der Waals surface area contributed by atoms with E-state index in [4.69, 9.17) is 22.9 Å². The maximum atomic E-state index is 11.8. The van der Waals surface area contributed by atoms with Crippen molar-refractivity contribution in [2.24, 2.45) is 32.9 Å². The van der Waals surface area contributed by atoms with Gasteiger partial charge in [-0.2, -0.15) is 15.0 Å². The maximum absolute atomic E-state index is 11.8. The molecule has 1 aromatic rings. The van der Waals surface area contributed by atoms with Crippen molar-refractivity contribution in [3.05, 3.63) is 0 Å². The Labute approximate surface area is 222 Å². The molecule has 214 valence electrons. The van der Waals surface area contributed by atoms with Gasteiger partial charge in [-0.25, -0.2) is 9.59 Å². The number of nitrogens with two attached hydrogens (primary N) is 4. The molecule has 16 heteroatoms. The lowest BCUT2D eigenvalue weighted by molar-refractivity contribution is -0.139. The van der Waals surface area contributed by atoms with Gasteiger partial charge in [-0.3, -0.25) is 9.98 Å². The van der Waals surface area contributed by atoms with Gasteiger partial charge in [-0.1, -0.05) is 32.6 Å². The van der Waals surface area contributed by atoms with Crippen LogP contribution >= 0.6 is 0 Å². The number of carbonyl (C=O) groups is 2. The van der Waals surface area contributed by atoms with Crippen molar-refractivity contribution < 1.29 is 19.8 Å². The lowest BCUT2D eigenvalue weighted by Gasteiger charge is -2.18. The number of anilines is 3. The number of guanidine groups is 2. The highest BCUT2D eigenvalue weighted by molar-refractivity contribution is 5.78. The first-order chi connectivity index (χ1) is 18.1. The van der Waals surface area contributed by atoms with Gasteiger partial charge in [0.25, 0.3) is 0 Å². The van der Waals surface area contributed by atoms with Crippen molar-refractivity contribution in [1.29, 1.82) is 0 Å². The van der Waals surface area contributed by atoms with Crippen molar-refractivity contribution in [2.45, 2.75) is 76.8 Å². The molecule has 0 aromatic carbocycles. The third kappa shape index (κ3) is 14.4. The third-order valence-electron chi connectivity index (χ3n) is 5.29. The summed E-state index contributed by atoms with van der Waals surface area (Å²) in [6.07, 6.45) is 6.54. The van der Waals surface area contributed by atoms with Gasteiger partial charge in [-0.15, -0.1) is 0 Å². The van der Waals surface area contributed by atoms with Crippen molar-refractivity contribution in [3.63, 3.8) is 0 Å². The molecule has 0 fully saturated rings. The minimum atomic E-state index is -1.11. The second kappa shape index (κ2) is 18.2. The average Bonchev–Trinajstić information content (AvgIpc) is 2.84. The monoisotopic (exact) mass is 538 g/mol. The van der Waals surface area contributed by atoms with Crippen LogP contribution in [0.2, 0.25) is 0 Å². The highest BCUT2D eigenvalue weighted by atomic mass is 16.4. The number of hydrogen-bond donors (Lipinski definition) is 9. The molecule has 0 radical (unpaired) electrons. The lowest BCUT2D eigenvalue weighted by atomic mass is 10.1. The number of carboxylic acid groups (broad SMARTS) is 2. The molecule has 0 saturated carbocycles. The summed E-state index contributed by atoms with van der Waals surface area (Å²) >= 11 is 0. The first-order valence-corrected chi connectivity index (χ1v) is 12.7. The Kier molecular flexibility index (Phi) is 15.3. The second-order valence-electron chi connectivity index (χ2n) is 8.62. The smallest absolute Gasteiger partial charge is 0.326 e. The zero-order chi connectivity index (χ0) is 28.3. The highest BCUT2D eigenvalue weighted by Gasteiger charge is 2.22. The highest BCUT2D eigenvalue weighted by Crippen LogP contribution is 2.15. The Morgan fingerprint density at radius 1 is 0.737 bits per heavy atom. The van der Waals surface area contributed by atoms with E-state index in [0.717, 1.165) is 32.1 Å². The van der Waals surface area contributed by atoms with Crippen LogP contribution in [-0.4, -0.2) is 80.7 Å². The molecule has 1 aromatic heterocycles. The molecule has 0 bridgehead atoms. The molecule has 0 aliphatic heterocycles. The predicted molar refractivity (Wildman–Crippen MR) is 147 cm³/mol. The Bertz CT molecular complexity index is 857. The fraction of sp³-hybridized carbons (Fsp3) is 0.682. The van der Waals surface area contributed by atoms with E-state index in [9.17, 15) is 19.8 Å². The van der Waals surface area contributed by atoms with Gasteiger partial charge in [0.2, 0.25) is 17.8 Å². The van der Waals surface area contributed by atoms with Crippen LogP contribution < -0.4 is 38.9 Å². The molecule has 1 rings (SSSR count). The largest absolute Gasteiger partial charge is 0.480 e. The first-order valence-electron chi connectivity index (χ1n) is 12.7. The number of aromatic nitrogens is 3. The fourth-order valence-electron chi connectivity index (χ4n) is 3.35. The van der Waals surface area contributed by atoms with Crippen LogP contribution in [0.3, 0.4) is 0 Å². The zero-order valence-corrected chi connectivity index (χ0v) is 21.9. The van der Waals surface area contributed by atoms with Crippen molar-refractivity contribution in [1.82, 2.24) is 15.0 Å². The number of carboxylic acids is 2. The number of aliphatic imine (C=N–C) groups is 2. The van der Waals surface area contributed by atoms with Gasteiger partial charge in [0.15, 0.2) is 11.9 Å². The average molecular weight is 539 g/mol. The molecular weight excluding hydrogens is 496 g/mol. The van der Waals surface area contributed by atoms with E-state index >= 15 is 0 Å². The van der Waals surface area contributed by atoms with Crippen molar-refractivity contribution in [3.8, 4) is 0 Å². The predicted octanol–water partition coefficient (Wildman–Crippen LogP) is 0.0913. The van der Waals surface area contributed by atoms with Crippen LogP contribution in [0.5, 0.6) is 0 Å². The van der Waals surface area contributed by atoms with E-state index in [0.29, 0.717) is 19.4 Å². The van der Waals surface area contributed by atoms with Crippen LogP contribution in [-0.2, 0) is 9.59 Å². The van der Waals surface area contributed by atoms with Gasteiger partial charge in [0, 0.05) is 19.6 Å². The van der Waals surface area contributed by atoms with Gasteiger partial charge in [0.05, 0.1) is 0 Å². The van der Waals surface area contributed by atoms with Crippen LogP contribution in [0, 0.1) is 0 Å². The summed E-state index contributed by atoms with van der Waals surface area (Å²) in [7, 11) is 0. The summed E-state index contributed by atoms with van der Waals surface area (Å²) in [5.74, 6) is -2.22. The summed E-state index contributed by atoms with van der Waals surface area (Å²) < 4.78 is 0. The minimum Gasteiger partial charge on any atom is -0.480 e. The lowest BCUT2D eigenvalue weighted by Crippen LogP contribution is -2.32. The first kappa shape index (κ1) is 31.9. The minimum absolute atomic E-state index is 0.0186. The molecule has 2 unspecified atom stereocenters. The van der Waals surface area contributed by atoms with E-state index in [1.54, 1.807) is 0 Å². The summed E-state index contributed by atoms with van der Waals surface area (Å²) in [5.41, 5.74) is 21.2. The Morgan fingerprint density at radius 2 is 1.18 bits per heavy atom. The molecule has 0 aliphatic carbocycles. The number of unbranched alkanes of at least 4 members (excludes halogenated alkanes) is 4. The number of nitrogens with zero attached hydrogens (tertiary/aromatic N) is 5. The molecular formula is C22H42N12O4. The van der Waals surface area contributed by atoms with Crippen LogP contribution in [0.4, 0.5) is 17.8 Å². The van der Waals surface area contributed by atoms with Gasteiger partial charge in [-0.05, 0) is 32.1 Å². The van der Waals surface area contributed by atoms with Gasteiger partial charge < -0.3 is 49.1 Å². The quantitative estimate of drug-likeness (QED) is 0.0570. The van der Waals surface area contributed by atoms with E-state index in [-0.39, 0.29) is 55.7 Å². The second-order valence-corrected chi connectivity index (χ2v) is 8.62. The van der Waals surface area contributed by atoms with E-state index in [1.807, 2.05) is 0 Å². The van der Waals surface area contributed by atoms with E-state index < -0.39 is 24.0 Å².